The van der Waals surface area contributed by atoms with E-state index >= 15 is 0 Å². The summed E-state index contributed by atoms with van der Waals surface area (Å²) in [6, 6.07) is 9.76. The van der Waals surface area contributed by atoms with Gasteiger partial charge in [0.2, 0.25) is 5.95 Å². The summed E-state index contributed by atoms with van der Waals surface area (Å²) in [6.07, 6.45) is 7.07. The number of halogens is 1. The van der Waals surface area contributed by atoms with E-state index in [9.17, 15) is 0 Å². The highest BCUT2D eigenvalue weighted by molar-refractivity contribution is 6.31. The van der Waals surface area contributed by atoms with Crippen molar-refractivity contribution in [1.29, 1.82) is 0 Å². The molecule has 140 valence electrons. The first kappa shape index (κ1) is 17.8. The van der Waals surface area contributed by atoms with Crippen LogP contribution in [0.4, 0.5) is 17.5 Å². The molecule has 6 nitrogen and oxygen atoms in total. The molecule has 1 aliphatic heterocycles. The van der Waals surface area contributed by atoms with Crippen LogP contribution in [0.15, 0.2) is 42.7 Å². The van der Waals surface area contributed by atoms with E-state index in [1.807, 2.05) is 36.5 Å². The molecule has 0 aliphatic carbocycles. The largest absolute Gasteiger partial charge is 0.384 e. The molecule has 1 saturated heterocycles. The van der Waals surface area contributed by atoms with Gasteiger partial charge in [-0.1, -0.05) is 11.6 Å². The summed E-state index contributed by atoms with van der Waals surface area (Å²) in [5, 5.41) is 8.58. The lowest BCUT2D eigenvalue weighted by atomic mass is 10.2. The standard InChI is InChI=1S/C20H23ClN6/c21-15-4-5-16-17(6-10-23-18(16)14-15)22-8-3-9-24-20-25-11-7-19(26-20)27-12-1-2-13-27/h4-7,10-11,14H,1-3,8-9,12-13H2,(H,22,23)(H,24,25,26). The Bertz CT molecular complexity index is 910. The van der Waals surface area contributed by atoms with Crippen molar-refractivity contribution in [2.24, 2.45) is 0 Å². The molecule has 0 unspecified atom stereocenters. The van der Waals surface area contributed by atoms with Crippen LogP contribution in [-0.4, -0.2) is 41.1 Å². The molecule has 3 heterocycles. The van der Waals surface area contributed by atoms with Gasteiger partial charge in [-0.15, -0.1) is 0 Å². The summed E-state index contributed by atoms with van der Waals surface area (Å²) >= 11 is 6.04. The Morgan fingerprint density at radius 1 is 0.963 bits per heavy atom. The molecule has 0 saturated carbocycles. The number of hydrogen-bond acceptors (Lipinski definition) is 6. The molecular weight excluding hydrogens is 360 g/mol. The van der Waals surface area contributed by atoms with E-state index in [2.05, 4.69) is 30.5 Å². The van der Waals surface area contributed by atoms with Crippen molar-refractivity contribution in [2.45, 2.75) is 19.3 Å². The molecule has 4 rings (SSSR count). The summed E-state index contributed by atoms with van der Waals surface area (Å²) in [4.78, 5) is 15.6. The zero-order valence-electron chi connectivity index (χ0n) is 15.2. The highest BCUT2D eigenvalue weighted by atomic mass is 35.5. The minimum absolute atomic E-state index is 0.698. The molecule has 1 aliphatic rings. The third-order valence-corrected chi connectivity index (χ3v) is 4.96. The van der Waals surface area contributed by atoms with E-state index in [1.165, 1.54) is 12.8 Å². The molecule has 7 heteroatoms. The molecule has 3 aromatic rings. The molecule has 1 aromatic carbocycles. The number of benzene rings is 1. The number of rotatable bonds is 7. The van der Waals surface area contributed by atoms with Crippen LogP contribution in [0, 0.1) is 0 Å². The van der Waals surface area contributed by atoms with Crippen LogP contribution in [0.1, 0.15) is 19.3 Å². The number of nitrogens with one attached hydrogen (secondary N) is 2. The fourth-order valence-corrected chi connectivity index (χ4v) is 3.51. The predicted molar refractivity (Wildman–Crippen MR) is 112 cm³/mol. The van der Waals surface area contributed by atoms with E-state index < -0.39 is 0 Å². The Kier molecular flexibility index (Phi) is 5.53. The van der Waals surface area contributed by atoms with E-state index in [-0.39, 0.29) is 0 Å². The molecular formula is C20H23ClN6. The minimum atomic E-state index is 0.698. The molecule has 0 bridgehead atoms. The summed E-state index contributed by atoms with van der Waals surface area (Å²) in [5.41, 5.74) is 1.97. The first-order valence-electron chi connectivity index (χ1n) is 9.40. The van der Waals surface area contributed by atoms with Crippen LogP contribution in [0.5, 0.6) is 0 Å². The zero-order chi connectivity index (χ0) is 18.5. The highest BCUT2D eigenvalue weighted by Crippen LogP contribution is 2.24. The van der Waals surface area contributed by atoms with Crippen LogP contribution >= 0.6 is 11.6 Å². The third-order valence-electron chi connectivity index (χ3n) is 4.73. The highest BCUT2D eigenvalue weighted by Gasteiger charge is 2.13. The lowest BCUT2D eigenvalue weighted by Crippen LogP contribution is -2.20. The summed E-state index contributed by atoms with van der Waals surface area (Å²) in [7, 11) is 0. The fraction of sp³-hybridized carbons (Fsp3) is 0.350. The number of aromatic nitrogens is 3. The van der Waals surface area contributed by atoms with Crippen molar-refractivity contribution in [2.75, 3.05) is 41.7 Å². The first-order chi connectivity index (χ1) is 13.3. The molecule has 0 amide bonds. The van der Waals surface area contributed by atoms with Gasteiger partial charge in [-0.25, -0.2) is 4.98 Å². The summed E-state index contributed by atoms with van der Waals surface area (Å²) in [6.45, 7) is 3.84. The van der Waals surface area contributed by atoms with Crippen molar-refractivity contribution >= 4 is 40.0 Å². The maximum absolute atomic E-state index is 6.04. The Morgan fingerprint density at radius 3 is 2.67 bits per heavy atom. The van der Waals surface area contributed by atoms with E-state index in [0.717, 1.165) is 55.0 Å². The van der Waals surface area contributed by atoms with Gasteiger partial charge in [0.25, 0.3) is 0 Å². The quantitative estimate of drug-likeness (QED) is 0.597. The molecule has 1 fully saturated rings. The Morgan fingerprint density at radius 2 is 1.78 bits per heavy atom. The number of pyridine rings is 1. The van der Waals surface area contributed by atoms with Crippen LogP contribution in [-0.2, 0) is 0 Å². The number of fused-ring (bicyclic) bond motifs is 1. The summed E-state index contributed by atoms with van der Waals surface area (Å²) < 4.78 is 0. The smallest absolute Gasteiger partial charge is 0.224 e. The average molecular weight is 383 g/mol. The Hall–Kier alpha value is -2.60. The average Bonchev–Trinajstić information content (AvgIpc) is 3.23. The van der Waals surface area contributed by atoms with Gasteiger partial charge in [-0.3, -0.25) is 4.98 Å². The normalized spacial score (nSPS) is 13.9. The number of nitrogens with zero attached hydrogens (tertiary/aromatic N) is 4. The van der Waals surface area contributed by atoms with E-state index in [4.69, 9.17) is 11.6 Å². The zero-order valence-corrected chi connectivity index (χ0v) is 15.9. The van der Waals surface area contributed by atoms with Gasteiger partial charge >= 0.3 is 0 Å². The first-order valence-corrected chi connectivity index (χ1v) is 9.77. The maximum Gasteiger partial charge on any atom is 0.224 e. The number of hydrogen-bond donors (Lipinski definition) is 2. The second-order valence-electron chi connectivity index (χ2n) is 6.66. The van der Waals surface area contributed by atoms with Crippen molar-refractivity contribution in [3.05, 3.63) is 47.7 Å². The van der Waals surface area contributed by atoms with E-state index in [1.54, 1.807) is 6.20 Å². The van der Waals surface area contributed by atoms with Gasteiger partial charge < -0.3 is 15.5 Å². The molecule has 27 heavy (non-hydrogen) atoms. The third kappa shape index (κ3) is 4.39. The Balaban J connectivity index is 1.28. The van der Waals surface area contributed by atoms with Gasteiger partial charge in [0.1, 0.15) is 5.82 Å². The molecule has 2 N–H and O–H groups in total. The van der Waals surface area contributed by atoms with Crippen molar-refractivity contribution < 1.29 is 0 Å². The van der Waals surface area contributed by atoms with Gasteiger partial charge in [0, 0.05) is 54.7 Å². The molecule has 0 radical (unpaired) electrons. The topological polar surface area (TPSA) is 66.0 Å². The predicted octanol–water partition coefficient (Wildman–Crippen LogP) is 4.19. The number of anilines is 3. The molecule has 2 aromatic heterocycles. The second kappa shape index (κ2) is 8.39. The SMILES string of the molecule is Clc1ccc2c(NCCCNc3nccc(N4CCCC4)n3)ccnc2c1. The van der Waals surface area contributed by atoms with Gasteiger partial charge in [0.05, 0.1) is 5.52 Å². The van der Waals surface area contributed by atoms with Gasteiger partial charge in [-0.2, -0.15) is 4.98 Å². The fourth-order valence-electron chi connectivity index (χ4n) is 3.34. The lowest BCUT2D eigenvalue weighted by Gasteiger charge is -2.16. The monoisotopic (exact) mass is 382 g/mol. The van der Waals surface area contributed by atoms with Crippen molar-refractivity contribution in [1.82, 2.24) is 15.0 Å². The van der Waals surface area contributed by atoms with Gasteiger partial charge in [0.15, 0.2) is 0 Å². The lowest BCUT2D eigenvalue weighted by molar-refractivity contribution is 0.885. The van der Waals surface area contributed by atoms with Crippen LogP contribution in [0.2, 0.25) is 5.02 Å². The van der Waals surface area contributed by atoms with Gasteiger partial charge in [-0.05, 0) is 49.6 Å². The van der Waals surface area contributed by atoms with E-state index in [0.29, 0.717) is 11.0 Å². The minimum Gasteiger partial charge on any atom is -0.384 e. The van der Waals surface area contributed by atoms with Crippen LogP contribution < -0.4 is 15.5 Å². The van der Waals surface area contributed by atoms with Crippen molar-refractivity contribution in [3.63, 3.8) is 0 Å². The molecule has 0 spiro atoms. The van der Waals surface area contributed by atoms with Crippen LogP contribution in [0.25, 0.3) is 10.9 Å². The Labute approximate surface area is 164 Å². The van der Waals surface area contributed by atoms with Crippen molar-refractivity contribution in [3.8, 4) is 0 Å². The van der Waals surface area contributed by atoms with Crippen LogP contribution in [0.3, 0.4) is 0 Å². The maximum atomic E-state index is 6.04. The second-order valence-corrected chi connectivity index (χ2v) is 7.10. The molecule has 0 atom stereocenters. The summed E-state index contributed by atoms with van der Waals surface area (Å²) in [5.74, 6) is 1.72.